The number of nitrogens with zero attached hydrogens (tertiary/aromatic N) is 1. The Balaban J connectivity index is 3.32. The smallest absolute Gasteiger partial charge is 0.328 e. The zero-order chi connectivity index (χ0) is 10.1. The summed E-state index contributed by atoms with van der Waals surface area (Å²) in [5.41, 5.74) is 4.20. The van der Waals surface area contributed by atoms with Crippen molar-refractivity contribution in [2.75, 3.05) is 6.54 Å². The van der Waals surface area contributed by atoms with E-state index in [1.165, 1.54) is 16.8 Å². The van der Waals surface area contributed by atoms with Gasteiger partial charge in [-0.2, -0.15) is 0 Å². The summed E-state index contributed by atoms with van der Waals surface area (Å²) < 4.78 is 1.41. The fourth-order valence-electron chi connectivity index (χ4n) is 0.992. The van der Waals surface area contributed by atoms with Gasteiger partial charge in [0.05, 0.1) is 5.54 Å². The van der Waals surface area contributed by atoms with Crippen LogP contribution in [0.2, 0.25) is 0 Å². The average molecular weight is 183 g/mol. The van der Waals surface area contributed by atoms with E-state index in [-0.39, 0.29) is 0 Å². The van der Waals surface area contributed by atoms with Crippen molar-refractivity contribution in [3.63, 3.8) is 0 Å². The van der Waals surface area contributed by atoms with Crippen LogP contribution >= 0.6 is 0 Å². The molecule has 0 bridgehead atoms. The number of nitrogens with one attached hydrogen (secondary N) is 1. The van der Waals surface area contributed by atoms with E-state index in [1.807, 2.05) is 13.8 Å². The van der Waals surface area contributed by atoms with Crippen LogP contribution in [0, 0.1) is 0 Å². The molecule has 0 saturated heterocycles. The van der Waals surface area contributed by atoms with Crippen molar-refractivity contribution in [2.45, 2.75) is 19.4 Å². The van der Waals surface area contributed by atoms with E-state index >= 15 is 0 Å². The minimum Gasteiger partial charge on any atom is -0.328 e. The van der Waals surface area contributed by atoms with E-state index in [1.54, 1.807) is 0 Å². The number of hydrogen-bond acceptors (Lipinski definition) is 3. The lowest BCUT2D eigenvalue weighted by Crippen LogP contribution is -2.44. The molecule has 0 aromatic carbocycles. The number of aromatic nitrogens is 2. The average Bonchev–Trinajstić information content (AvgIpc) is 2.03. The number of H-pyrrole nitrogens is 1. The molecule has 0 aliphatic heterocycles. The van der Waals surface area contributed by atoms with Crippen molar-refractivity contribution in [3.8, 4) is 0 Å². The Bertz CT molecular complexity index is 402. The molecule has 3 N–H and O–H groups in total. The molecule has 13 heavy (non-hydrogen) atoms. The van der Waals surface area contributed by atoms with Crippen molar-refractivity contribution in [1.29, 1.82) is 0 Å². The molecule has 0 aliphatic carbocycles. The van der Waals surface area contributed by atoms with E-state index in [9.17, 15) is 9.59 Å². The minimum absolute atomic E-state index is 0.332. The van der Waals surface area contributed by atoms with Crippen LogP contribution in [-0.2, 0) is 5.54 Å². The molecule has 0 atom stereocenters. The van der Waals surface area contributed by atoms with Crippen molar-refractivity contribution in [3.05, 3.63) is 33.1 Å². The van der Waals surface area contributed by atoms with Gasteiger partial charge in [0.1, 0.15) is 0 Å². The molecule has 0 radical (unpaired) electrons. The van der Waals surface area contributed by atoms with Crippen LogP contribution in [0.15, 0.2) is 21.9 Å². The fraction of sp³-hybridized carbons (Fsp3) is 0.500. The maximum absolute atomic E-state index is 11.3. The highest BCUT2D eigenvalue weighted by atomic mass is 16.2. The number of nitrogens with two attached hydrogens (primary N) is 1. The Morgan fingerprint density at radius 3 is 2.62 bits per heavy atom. The first-order chi connectivity index (χ1) is 5.97. The first kappa shape index (κ1) is 9.73. The summed E-state index contributed by atoms with van der Waals surface area (Å²) >= 11 is 0. The standard InChI is InChI=1S/C8H13N3O2/c1-8(2,5-9)11-4-3-6(12)10-7(11)13/h3-4H,5,9H2,1-2H3,(H,10,12,13). The fourth-order valence-corrected chi connectivity index (χ4v) is 0.992. The van der Waals surface area contributed by atoms with Gasteiger partial charge in [-0.1, -0.05) is 0 Å². The molecule has 0 fully saturated rings. The van der Waals surface area contributed by atoms with Gasteiger partial charge in [-0.25, -0.2) is 4.79 Å². The van der Waals surface area contributed by atoms with Gasteiger partial charge in [-0.15, -0.1) is 0 Å². The van der Waals surface area contributed by atoms with Crippen molar-refractivity contribution < 1.29 is 0 Å². The van der Waals surface area contributed by atoms with Crippen LogP contribution in [0.25, 0.3) is 0 Å². The summed E-state index contributed by atoms with van der Waals surface area (Å²) in [6, 6.07) is 1.30. The number of aromatic amines is 1. The molecule has 0 saturated carbocycles. The molecular formula is C8H13N3O2. The van der Waals surface area contributed by atoms with E-state index < -0.39 is 16.8 Å². The zero-order valence-electron chi connectivity index (χ0n) is 7.70. The first-order valence-corrected chi connectivity index (χ1v) is 4.00. The zero-order valence-corrected chi connectivity index (χ0v) is 7.70. The summed E-state index contributed by atoms with van der Waals surface area (Å²) in [6.45, 7) is 3.98. The van der Waals surface area contributed by atoms with Crippen molar-refractivity contribution in [1.82, 2.24) is 9.55 Å². The summed E-state index contributed by atoms with van der Waals surface area (Å²) in [5, 5.41) is 0. The second kappa shape index (κ2) is 3.18. The predicted octanol–water partition coefficient (Wildman–Crippen LogP) is -0.770. The molecule has 5 heteroatoms. The lowest BCUT2D eigenvalue weighted by atomic mass is 10.1. The third kappa shape index (κ3) is 1.86. The van der Waals surface area contributed by atoms with Crippen LogP contribution in [-0.4, -0.2) is 16.1 Å². The second-order valence-electron chi connectivity index (χ2n) is 3.50. The van der Waals surface area contributed by atoms with Gasteiger partial charge >= 0.3 is 5.69 Å². The van der Waals surface area contributed by atoms with E-state index in [2.05, 4.69) is 4.98 Å². The first-order valence-electron chi connectivity index (χ1n) is 4.00. The van der Waals surface area contributed by atoms with Gasteiger partial charge in [-0.05, 0) is 13.8 Å². The Labute approximate surface area is 75.2 Å². The molecule has 0 unspecified atom stereocenters. The van der Waals surface area contributed by atoms with Crippen LogP contribution in [0.1, 0.15) is 13.8 Å². The number of hydrogen-bond donors (Lipinski definition) is 2. The highest BCUT2D eigenvalue weighted by molar-refractivity contribution is 4.89. The molecule has 72 valence electrons. The van der Waals surface area contributed by atoms with Crippen molar-refractivity contribution >= 4 is 0 Å². The van der Waals surface area contributed by atoms with Gasteiger partial charge in [0.25, 0.3) is 5.56 Å². The maximum atomic E-state index is 11.3. The van der Waals surface area contributed by atoms with Crippen LogP contribution < -0.4 is 17.0 Å². The maximum Gasteiger partial charge on any atom is 0.328 e. The van der Waals surface area contributed by atoms with Crippen LogP contribution in [0.5, 0.6) is 0 Å². The summed E-state index contributed by atoms with van der Waals surface area (Å²) in [6.07, 6.45) is 1.45. The normalized spacial score (nSPS) is 11.6. The third-order valence-corrected chi connectivity index (χ3v) is 1.98. The lowest BCUT2D eigenvalue weighted by Gasteiger charge is -2.24. The van der Waals surface area contributed by atoms with E-state index in [4.69, 9.17) is 5.73 Å². The van der Waals surface area contributed by atoms with Crippen LogP contribution in [0.4, 0.5) is 0 Å². The Morgan fingerprint density at radius 2 is 2.15 bits per heavy atom. The van der Waals surface area contributed by atoms with E-state index in [0.717, 1.165) is 0 Å². The predicted molar refractivity (Wildman–Crippen MR) is 49.7 cm³/mol. The van der Waals surface area contributed by atoms with Crippen LogP contribution in [0.3, 0.4) is 0 Å². The summed E-state index contributed by atoms with van der Waals surface area (Å²) in [5.74, 6) is 0. The highest BCUT2D eigenvalue weighted by Crippen LogP contribution is 2.07. The molecule has 0 amide bonds. The molecular weight excluding hydrogens is 170 g/mol. The SMILES string of the molecule is CC(C)(CN)n1ccc(=O)[nH]c1=O. The van der Waals surface area contributed by atoms with E-state index in [0.29, 0.717) is 6.54 Å². The summed E-state index contributed by atoms with van der Waals surface area (Å²) in [7, 11) is 0. The topological polar surface area (TPSA) is 80.9 Å². The molecule has 5 nitrogen and oxygen atoms in total. The van der Waals surface area contributed by atoms with Crippen molar-refractivity contribution in [2.24, 2.45) is 5.73 Å². The monoisotopic (exact) mass is 183 g/mol. The Hall–Kier alpha value is -1.36. The lowest BCUT2D eigenvalue weighted by molar-refractivity contribution is 0.349. The quantitative estimate of drug-likeness (QED) is 0.631. The largest absolute Gasteiger partial charge is 0.328 e. The third-order valence-electron chi connectivity index (χ3n) is 1.98. The Kier molecular flexibility index (Phi) is 2.38. The molecule has 1 aromatic heterocycles. The van der Waals surface area contributed by atoms with Gasteiger partial charge in [0, 0.05) is 18.8 Å². The summed E-state index contributed by atoms with van der Waals surface area (Å²) in [4.78, 5) is 24.2. The van der Waals surface area contributed by atoms with Gasteiger partial charge in [-0.3, -0.25) is 14.3 Å². The van der Waals surface area contributed by atoms with Gasteiger partial charge in [0.15, 0.2) is 0 Å². The molecule has 1 heterocycles. The number of rotatable bonds is 2. The molecule has 0 spiro atoms. The van der Waals surface area contributed by atoms with Gasteiger partial charge < -0.3 is 5.73 Å². The molecule has 1 rings (SSSR count). The van der Waals surface area contributed by atoms with Gasteiger partial charge in [0.2, 0.25) is 0 Å². The molecule has 0 aliphatic rings. The second-order valence-corrected chi connectivity index (χ2v) is 3.50. The minimum atomic E-state index is -0.471. The highest BCUT2D eigenvalue weighted by Gasteiger charge is 2.18. The molecule has 1 aromatic rings. The Morgan fingerprint density at radius 1 is 1.54 bits per heavy atom.